The summed E-state index contributed by atoms with van der Waals surface area (Å²) in [6.07, 6.45) is -3.90. The lowest BCUT2D eigenvalue weighted by Gasteiger charge is -2.44. The molecule has 0 radical (unpaired) electrons. The molecule has 14 nitrogen and oxygen atoms in total. The Morgan fingerprint density at radius 2 is 1.56 bits per heavy atom. The van der Waals surface area contributed by atoms with E-state index in [4.69, 9.17) is 23.6 Å². The summed E-state index contributed by atoms with van der Waals surface area (Å²) in [5, 5.41) is 16.3. The highest BCUT2D eigenvalue weighted by atomic mass is 28.4. The van der Waals surface area contributed by atoms with Crippen molar-refractivity contribution in [2.75, 3.05) is 44.9 Å². The van der Waals surface area contributed by atoms with Gasteiger partial charge in [0.2, 0.25) is 0 Å². The number of rotatable bonds is 19. The average Bonchev–Trinajstić information content (AvgIpc) is 3.70. The highest BCUT2D eigenvalue weighted by Crippen LogP contribution is 2.44. The number of methoxy groups -OCH3 is 1. The van der Waals surface area contributed by atoms with Crippen molar-refractivity contribution in [3.63, 3.8) is 0 Å². The molecule has 3 N–H and O–H groups in total. The fourth-order valence-electron chi connectivity index (χ4n) is 10.9. The van der Waals surface area contributed by atoms with Crippen LogP contribution in [0, 0.1) is 5.41 Å². The van der Waals surface area contributed by atoms with Crippen molar-refractivity contribution in [1.82, 2.24) is 25.3 Å². The summed E-state index contributed by atoms with van der Waals surface area (Å²) in [4.78, 5) is 46.4. The zero-order valence-corrected chi connectivity index (χ0v) is 45.9. The number of anilines is 1. The molecular weight excluding hydrogens is 1010 g/mol. The number of hydrogen-bond donors (Lipinski definition) is 3. The first kappa shape index (κ1) is 56.6. The Morgan fingerprint density at radius 1 is 0.896 bits per heavy atom. The fraction of sp³-hybridized carbons (Fsp3) is 0.424. The number of carboxylic acids is 1. The highest BCUT2D eigenvalue weighted by molar-refractivity contribution is 6.99. The average molecular weight is 1080 g/mol. The molecule has 2 amide bonds. The molecule has 0 saturated carbocycles. The molecule has 0 bridgehead atoms. The molecule has 4 atom stereocenters. The van der Waals surface area contributed by atoms with Crippen molar-refractivity contribution < 1.29 is 51.3 Å². The summed E-state index contributed by atoms with van der Waals surface area (Å²) in [6, 6.07) is 36.7. The lowest BCUT2D eigenvalue weighted by Crippen LogP contribution is -2.67. The van der Waals surface area contributed by atoms with Gasteiger partial charge in [-0.1, -0.05) is 126 Å². The van der Waals surface area contributed by atoms with Crippen molar-refractivity contribution in [1.29, 1.82) is 0 Å². The molecule has 6 aromatic rings. The second-order valence-electron chi connectivity index (χ2n) is 21.9. The number of nitrogens with one attached hydrogen (secondary N) is 2. The summed E-state index contributed by atoms with van der Waals surface area (Å²) in [5.41, 5.74) is 6.13. The number of carbonyl (C=O) groups is 3. The van der Waals surface area contributed by atoms with Gasteiger partial charge in [0.15, 0.2) is 0 Å². The van der Waals surface area contributed by atoms with Gasteiger partial charge in [-0.3, -0.25) is 19.6 Å². The molecule has 4 heterocycles. The number of alkyl carbamates (subject to hydrolysis) is 1. The number of halogens is 3. The minimum absolute atomic E-state index is 0.00623. The Morgan fingerprint density at radius 3 is 2.18 bits per heavy atom. The summed E-state index contributed by atoms with van der Waals surface area (Å²) >= 11 is 0. The molecule has 2 aliphatic heterocycles. The van der Waals surface area contributed by atoms with Gasteiger partial charge in [0, 0.05) is 68.1 Å². The van der Waals surface area contributed by atoms with Crippen LogP contribution in [0.2, 0.25) is 5.04 Å². The number of nitrogens with zero attached hydrogens (tertiary/aromatic N) is 4. The van der Waals surface area contributed by atoms with Crippen LogP contribution in [0.3, 0.4) is 0 Å². The van der Waals surface area contributed by atoms with Gasteiger partial charge in [-0.25, -0.2) is 10.2 Å². The molecule has 8 rings (SSSR count). The van der Waals surface area contributed by atoms with E-state index in [0.717, 1.165) is 21.6 Å². The molecule has 2 saturated heterocycles. The van der Waals surface area contributed by atoms with Crippen LogP contribution in [0.5, 0.6) is 0 Å². The number of carbonyl (C=O) groups excluding carboxylic acids is 2. The van der Waals surface area contributed by atoms with Crippen LogP contribution in [0.1, 0.15) is 83.7 Å². The maximum absolute atomic E-state index is 15.1. The number of amides is 2. The zero-order chi connectivity index (χ0) is 55.1. The van der Waals surface area contributed by atoms with E-state index in [0.29, 0.717) is 59.2 Å². The van der Waals surface area contributed by atoms with Crippen LogP contribution in [-0.4, -0.2) is 110 Å². The molecule has 2 aromatic heterocycles. The van der Waals surface area contributed by atoms with Gasteiger partial charge in [0.05, 0.1) is 30.2 Å². The van der Waals surface area contributed by atoms with E-state index in [1.165, 1.54) is 9.58 Å². The number of hydrogen-bond acceptors (Lipinski definition) is 10. The molecule has 0 unspecified atom stereocenters. The van der Waals surface area contributed by atoms with Crippen molar-refractivity contribution in [2.24, 2.45) is 5.41 Å². The fourth-order valence-corrected chi connectivity index (χ4v) is 15.6. The first-order chi connectivity index (χ1) is 36.7. The standard InChI is InChI=1S/C59H71F3N6O8Si/c1-40(73-7)52-46(25-17-29-63-52)53-48(35-58(5,6)39-76-77(57(2,3)4,44-21-13-9-14-22-44)45-23-15-10-16-24-45)47-33-42(27-28-51(47)67(53)38-59(60,61)62)66-31-32-74-43(36-66)34-50(54(69)68-30-18-26-49(65-68)55(70)71)64-56(72)75-37-41-19-11-8-12-20-41/h8-17,19-25,27-29,33,40,43,49-50,65H,18,26,30-32,34-39H2,1-7H3,(H,64,72)(H,70,71)/t40-,43-,49-,50-/m0/s1. The Labute approximate surface area is 450 Å². The molecule has 0 spiro atoms. The second kappa shape index (κ2) is 24.0. The summed E-state index contributed by atoms with van der Waals surface area (Å²) in [6.45, 7) is 12.8. The normalized spacial score (nSPS) is 17.5. The smallest absolute Gasteiger partial charge is 0.408 e. The predicted molar refractivity (Wildman–Crippen MR) is 293 cm³/mol. The third-order valence-corrected chi connectivity index (χ3v) is 19.6. The lowest BCUT2D eigenvalue weighted by molar-refractivity contribution is -0.148. The van der Waals surface area contributed by atoms with Gasteiger partial charge < -0.3 is 38.5 Å². The Kier molecular flexibility index (Phi) is 17.6. The van der Waals surface area contributed by atoms with Gasteiger partial charge >= 0.3 is 18.2 Å². The third-order valence-electron chi connectivity index (χ3n) is 14.6. The molecule has 4 aromatic carbocycles. The molecule has 77 heavy (non-hydrogen) atoms. The minimum atomic E-state index is -4.60. The predicted octanol–water partition coefficient (Wildman–Crippen LogP) is 9.59. The third kappa shape index (κ3) is 13.2. The number of aliphatic carboxylic acids is 1. The quantitative estimate of drug-likeness (QED) is 0.0664. The molecule has 0 aliphatic carbocycles. The largest absolute Gasteiger partial charge is 0.480 e. The van der Waals surface area contributed by atoms with Gasteiger partial charge in [0.25, 0.3) is 14.2 Å². The number of benzene rings is 4. The van der Waals surface area contributed by atoms with Crippen LogP contribution in [-0.2, 0) is 47.8 Å². The van der Waals surface area contributed by atoms with Crippen LogP contribution in [0.25, 0.3) is 22.2 Å². The summed E-state index contributed by atoms with van der Waals surface area (Å²) < 4.78 is 71.7. The maximum Gasteiger partial charge on any atom is 0.408 e. The number of alkyl halides is 3. The maximum atomic E-state index is 15.1. The number of fused-ring (bicyclic) bond motifs is 1. The van der Waals surface area contributed by atoms with E-state index < -0.39 is 68.7 Å². The van der Waals surface area contributed by atoms with Gasteiger partial charge in [0.1, 0.15) is 25.2 Å². The zero-order valence-electron chi connectivity index (χ0n) is 44.9. The molecular formula is C59H71F3N6O8Si. The number of morpholine rings is 1. The Bertz CT molecular complexity index is 2930. The summed E-state index contributed by atoms with van der Waals surface area (Å²) in [7, 11) is -1.50. The van der Waals surface area contributed by atoms with E-state index in [2.05, 4.69) is 74.5 Å². The molecule has 2 fully saturated rings. The van der Waals surface area contributed by atoms with Crippen molar-refractivity contribution in [2.45, 2.75) is 116 Å². The number of ether oxygens (including phenoxy) is 3. The molecule has 18 heteroatoms. The summed E-state index contributed by atoms with van der Waals surface area (Å²) in [5.74, 6) is -1.64. The molecule has 410 valence electrons. The first-order valence-electron chi connectivity index (χ1n) is 26.3. The first-order valence-corrected chi connectivity index (χ1v) is 28.2. The SMILES string of the molecule is CO[C@@H](C)c1ncccc1-c1c(CC(C)(C)CO[Si](c2ccccc2)(c2ccccc2)C(C)(C)C)c2cc(N3CCO[C@@H](C[C@H](NC(=O)OCc4ccccc4)C(=O)N4CCC[C@@H](C(=O)O)N4)C3)ccc2n1CC(F)(F)F. The van der Waals surface area contributed by atoms with E-state index in [1.54, 1.807) is 37.6 Å². The van der Waals surface area contributed by atoms with Gasteiger partial charge in [-0.15, -0.1) is 0 Å². The van der Waals surface area contributed by atoms with E-state index in [-0.39, 0.29) is 44.4 Å². The van der Waals surface area contributed by atoms with Gasteiger partial charge in [-0.2, -0.15) is 13.2 Å². The molecule has 2 aliphatic rings. The van der Waals surface area contributed by atoms with Crippen LogP contribution >= 0.6 is 0 Å². The number of carboxylic acid groups (broad SMARTS) is 1. The van der Waals surface area contributed by atoms with Crippen molar-refractivity contribution in [3.05, 3.63) is 144 Å². The van der Waals surface area contributed by atoms with Crippen LogP contribution < -0.4 is 26.0 Å². The Balaban J connectivity index is 1.17. The second-order valence-corrected chi connectivity index (χ2v) is 26.2. The van der Waals surface area contributed by atoms with Crippen LogP contribution in [0.4, 0.5) is 23.7 Å². The number of aromatic nitrogens is 2. The van der Waals surface area contributed by atoms with E-state index in [9.17, 15) is 19.5 Å². The Hall–Kier alpha value is -6.57. The topological polar surface area (TPSA) is 157 Å². The number of pyridine rings is 1. The van der Waals surface area contributed by atoms with E-state index in [1.807, 2.05) is 79.7 Å². The monoisotopic (exact) mass is 1080 g/mol. The van der Waals surface area contributed by atoms with Gasteiger partial charge in [-0.05, 0) is 88.5 Å². The minimum Gasteiger partial charge on any atom is -0.480 e. The van der Waals surface area contributed by atoms with E-state index >= 15 is 13.2 Å². The highest BCUT2D eigenvalue weighted by Gasteiger charge is 2.51. The van der Waals surface area contributed by atoms with Crippen LogP contribution in [0.15, 0.2) is 128 Å². The van der Waals surface area contributed by atoms with Crippen molar-refractivity contribution >= 4 is 53.3 Å². The van der Waals surface area contributed by atoms with Crippen molar-refractivity contribution in [3.8, 4) is 11.3 Å². The lowest BCUT2D eigenvalue weighted by atomic mass is 9.84. The number of hydrazine groups is 1.